The molecular formula is C11H5N3O2. The van der Waals surface area contributed by atoms with Crippen molar-refractivity contribution in [1.29, 1.82) is 10.5 Å². The van der Waals surface area contributed by atoms with Crippen LogP contribution >= 0.6 is 0 Å². The summed E-state index contributed by atoms with van der Waals surface area (Å²) < 4.78 is 4.85. The molecule has 1 N–H and O–H groups in total. The molecule has 5 nitrogen and oxygen atoms in total. The zero-order valence-electron chi connectivity index (χ0n) is 8.02. The summed E-state index contributed by atoms with van der Waals surface area (Å²) in [5, 5.41) is 17.2. The van der Waals surface area contributed by atoms with Gasteiger partial charge in [-0.25, -0.2) is 4.79 Å². The van der Waals surface area contributed by atoms with Gasteiger partial charge in [0.2, 0.25) is 0 Å². The number of H-pyrrole nitrogens is 1. The van der Waals surface area contributed by atoms with E-state index in [9.17, 15) is 4.79 Å². The Morgan fingerprint density at radius 3 is 2.81 bits per heavy atom. The highest BCUT2D eigenvalue weighted by molar-refractivity contribution is 5.76. The molecule has 0 fully saturated rings. The zero-order valence-corrected chi connectivity index (χ0v) is 8.02. The number of aromatic amines is 1. The lowest BCUT2D eigenvalue weighted by Crippen LogP contribution is -1.92. The standard InChI is InChI=1S/C11H5N3O2/c12-5-8(6-13)3-7-1-2-9-10(4-7)16-11(15)14-9/h1-4H,(H,14,15). The lowest BCUT2D eigenvalue weighted by molar-refractivity contribution is 0.555. The number of nitrogens with zero attached hydrogens (tertiary/aromatic N) is 2. The van der Waals surface area contributed by atoms with E-state index < -0.39 is 5.76 Å². The number of nitriles is 2. The van der Waals surface area contributed by atoms with Crippen molar-refractivity contribution in [1.82, 2.24) is 4.98 Å². The topological polar surface area (TPSA) is 93.6 Å². The summed E-state index contributed by atoms with van der Waals surface area (Å²) in [6.45, 7) is 0. The predicted molar refractivity (Wildman–Crippen MR) is 56.0 cm³/mol. The maximum atomic E-state index is 10.9. The highest BCUT2D eigenvalue weighted by Gasteiger charge is 2.01. The van der Waals surface area contributed by atoms with Gasteiger partial charge in [-0.2, -0.15) is 10.5 Å². The summed E-state index contributed by atoms with van der Waals surface area (Å²) in [6, 6.07) is 8.43. The largest absolute Gasteiger partial charge is 0.417 e. The fourth-order valence-electron chi connectivity index (χ4n) is 1.31. The molecule has 2 rings (SSSR count). The highest BCUT2D eigenvalue weighted by atomic mass is 16.4. The fourth-order valence-corrected chi connectivity index (χ4v) is 1.31. The molecule has 2 aromatic rings. The minimum Gasteiger partial charge on any atom is -0.408 e. The van der Waals surface area contributed by atoms with Crippen molar-refractivity contribution in [2.24, 2.45) is 0 Å². The molecule has 0 spiro atoms. The second kappa shape index (κ2) is 3.76. The van der Waals surface area contributed by atoms with Crippen LogP contribution in [-0.2, 0) is 0 Å². The van der Waals surface area contributed by atoms with Crippen LogP contribution in [0.3, 0.4) is 0 Å². The van der Waals surface area contributed by atoms with Gasteiger partial charge in [0.1, 0.15) is 17.7 Å². The average Bonchev–Trinajstić information content (AvgIpc) is 2.65. The van der Waals surface area contributed by atoms with E-state index in [2.05, 4.69) is 4.98 Å². The summed E-state index contributed by atoms with van der Waals surface area (Å²) in [5.41, 5.74) is 1.61. The summed E-state index contributed by atoms with van der Waals surface area (Å²) in [7, 11) is 0. The Morgan fingerprint density at radius 1 is 1.38 bits per heavy atom. The smallest absolute Gasteiger partial charge is 0.408 e. The average molecular weight is 211 g/mol. The molecule has 1 aromatic heterocycles. The predicted octanol–water partition coefficient (Wildman–Crippen LogP) is 1.55. The fraction of sp³-hybridized carbons (Fsp3) is 0. The number of oxazole rings is 1. The van der Waals surface area contributed by atoms with Crippen molar-refractivity contribution in [3.05, 3.63) is 39.9 Å². The molecule has 0 atom stereocenters. The molecule has 1 heterocycles. The Kier molecular flexibility index (Phi) is 2.29. The quantitative estimate of drug-likeness (QED) is 0.724. The van der Waals surface area contributed by atoms with Crippen LogP contribution in [0.4, 0.5) is 0 Å². The summed E-state index contributed by atoms with van der Waals surface area (Å²) in [5.74, 6) is -0.531. The molecule has 0 aliphatic heterocycles. The molecule has 1 aromatic carbocycles. The van der Waals surface area contributed by atoms with Crippen molar-refractivity contribution >= 4 is 17.2 Å². The Labute approximate surface area is 89.8 Å². The van der Waals surface area contributed by atoms with Crippen LogP contribution in [0.15, 0.2) is 33.0 Å². The van der Waals surface area contributed by atoms with Crippen molar-refractivity contribution in [3.8, 4) is 12.1 Å². The number of allylic oxidation sites excluding steroid dienone is 1. The first-order chi connectivity index (χ1) is 7.72. The van der Waals surface area contributed by atoms with Crippen molar-refractivity contribution in [3.63, 3.8) is 0 Å². The second-order valence-electron chi connectivity index (χ2n) is 3.05. The van der Waals surface area contributed by atoms with Crippen LogP contribution in [0.1, 0.15) is 5.56 Å². The van der Waals surface area contributed by atoms with E-state index in [-0.39, 0.29) is 5.57 Å². The third-order valence-electron chi connectivity index (χ3n) is 2.00. The van der Waals surface area contributed by atoms with E-state index >= 15 is 0 Å². The summed E-state index contributed by atoms with van der Waals surface area (Å²) in [4.78, 5) is 13.4. The Balaban J connectivity index is 2.57. The minimum atomic E-state index is -0.531. The third-order valence-corrected chi connectivity index (χ3v) is 2.00. The Bertz CT molecular complexity index is 691. The number of hydrogen-bond acceptors (Lipinski definition) is 4. The molecule has 0 radical (unpaired) electrons. The highest BCUT2D eigenvalue weighted by Crippen LogP contribution is 2.14. The molecule has 0 bridgehead atoms. The van der Waals surface area contributed by atoms with Gasteiger partial charge in [-0.15, -0.1) is 0 Å². The normalized spacial score (nSPS) is 9.38. The number of fused-ring (bicyclic) bond motifs is 1. The second-order valence-corrected chi connectivity index (χ2v) is 3.05. The first-order valence-corrected chi connectivity index (χ1v) is 4.37. The Hall–Kier alpha value is -2.79. The minimum absolute atomic E-state index is 0.00256. The first-order valence-electron chi connectivity index (χ1n) is 4.37. The SMILES string of the molecule is N#CC(C#N)=Cc1ccc2[nH]c(=O)oc2c1. The number of nitrogens with one attached hydrogen (secondary N) is 1. The van der Waals surface area contributed by atoms with Gasteiger partial charge in [0.05, 0.1) is 5.52 Å². The van der Waals surface area contributed by atoms with Crippen LogP contribution in [0.25, 0.3) is 17.2 Å². The summed E-state index contributed by atoms with van der Waals surface area (Å²) in [6.07, 6.45) is 1.42. The van der Waals surface area contributed by atoms with E-state index in [0.29, 0.717) is 16.7 Å². The summed E-state index contributed by atoms with van der Waals surface area (Å²) >= 11 is 0. The van der Waals surface area contributed by atoms with Crippen LogP contribution < -0.4 is 5.76 Å². The molecule has 0 unspecified atom stereocenters. The van der Waals surface area contributed by atoms with Gasteiger partial charge in [0, 0.05) is 0 Å². The molecule has 76 valence electrons. The monoisotopic (exact) mass is 211 g/mol. The lowest BCUT2D eigenvalue weighted by atomic mass is 10.1. The van der Waals surface area contributed by atoms with Gasteiger partial charge >= 0.3 is 5.76 Å². The molecule has 0 amide bonds. The molecule has 0 aliphatic carbocycles. The third kappa shape index (κ3) is 1.70. The van der Waals surface area contributed by atoms with Gasteiger partial charge in [-0.1, -0.05) is 6.07 Å². The lowest BCUT2D eigenvalue weighted by Gasteiger charge is -1.91. The van der Waals surface area contributed by atoms with E-state index in [1.807, 2.05) is 0 Å². The van der Waals surface area contributed by atoms with E-state index in [0.717, 1.165) is 0 Å². The van der Waals surface area contributed by atoms with Crippen molar-refractivity contribution in [2.75, 3.05) is 0 Å². The van der Waals surface area contributed by atoms with Gasteiger partial charge < -0.3 is 4.42 Å². The number of benzene rings is 1. The molecule has 16 heavy (non-hydrogen) atoms. The number of aromatic nitrogens is 1. The van der Waals surface area contributed by atoms with Crippen molar-refractivity contribution < 1.29 is 4.42 Å². The Morgan fingerprint density at radius 2 is 2.12 bits per heavy atom. The first kappa shape index (κ1) is 9.75. The molecule has 0 saturated carbocycles. The van der Waals surface area contributed by atoms with Crippen molar-refractivity contribution in [2.45, 2.75) is 0 Å². The van der Waals surface area contributed by atoms with Crippen LogP contribution in [-0.4, -0.2) is 4.98 Å². The molecule has 0 saturated heterocycles. The van der Waals surface area contributed by atoms with Gasteiger partial charge in [0.15, 0.2) is 5.58 Å². The number of hydrogen-bond donors (Lipinski definition) is 1. The molecular weight excluding hydrogens is 206 g/mol. The maximum Gasteiger partial charge on any atom is 0.417 e. The van der Waals surface area contributed by atoms with Crippen LogP contribution in [0, 0.1) is 22.7 Å². The van der Waals surface area contributed by atoms with E-state index in [1.54, 1.807) is 30.3 Å². The molecule has 5 heteroatoms. The number of rotatable bonds is 1. The van der Waals surface area contributed by atoms with Gasteiger partial charge in [-0.05, 0) is 23.8 Å². The molecule has 0 aliphatic rings. The maximum absolute atomic E-state index is 10.9. The zero-order chi connectivity index (χ0) is 11.5. The van der Waals surface area contributed by atoms with E-state index in [4.69, 9.17) is 14.9 Å². The van der Waals surface area contributed by atoms with Gasteiger partial charge in [-0.3, -0.25) is 4.98 Å². The van der Waals surface area contributed by atoms with Gasteiger partial charge in [0.25, 0.3) is 0 Å². The van der Waals surface area contributed by atoms with Crippen LogP contribution in [0.5, 0.6) is 0 Å². The van der Waals surface area contributed by atoms with E-state index in [1.165, 1.54) is 6.08 Å². The van der Waals surface area contributed by atoms with Crippen LogP contribution in [0.2, 0.25) is 0 Å².